The Hall–Kier alpha value is -2.85. The minimum absolute atomic E-state index is 0. The molecular weight excluding hydrogens is 1260 g/mol. The monoisotopic (exact) mass is 1340 g/mol. The molecule has 15 N–H and O–H groups in total. The first-order valence-electron chi connectivity index (χ1n) is 23.9. The SMILES string of the molecule is CC(=O)CCCC[Si](C)(C)O[Si](C)(C)CCCN=[N+]=[N-].CC(=O)CCCC[Si](C)(C)O[Si](C)(C)CCCn1cc(-c2ccccc2)nn1.O.O.O.O.O.O=C1O[C@H]([C@@H](O)CO)C([O-])=C1O.O=S(=O)(O)O.[C+]#CC1=CC=[C+]C=C1.[Cu].[Cu].[Na+]. The zero-order valence-electron chi connectivity index (χ0n) is 48.1. The molecule has 0 amide bonds. The molecular formula is C48H87Cu2N6NaO19SSi4+2. The van der Waals surface area contributed by atoms with E-state index in [1.165, 1.54) is 0 Å². The Balaban J connectivity index is -0.000000123. The number of azide groups is 1. The van der Waals surface area contributed by atoms with Gasteiger partial charge in [-0.2, -0.15) is 8.42 Å². The van der Waals surface area contributed by atoms with Crippen LogP contribution in [0.5, 0.6) is 0 Å². The molecule has 0 saturated carbocycles. The first-order valence-corrected chi connectivity index (χ1v) is 37.8. The van der Waals surface area contributed by atoms with Crippen LogP contribution in [0, 0.1) is 18.4 Å². The molecule has 1 aliphatic heterocycles. The number of carbonyl (C=O) groups is 3. The summed E-state index contributed by atoms with van der Waals surface area (Å²) in [5.41, 5.74) is 11.1. The Bertz CT molecular complexity index is 2370. The molecule has 2 aromatic rings. The quantitative estimate of drug-likeness (QED) is 0.0108. The van der Waals surface area contributed by atoms with Gasteiger partial charge in [0.15, 0.2) is 39.0 Å². The van der Waals surface area contributed by atoms with Gasteiger partial charge in [0.25, 0.3) is 0 Å². The minimum Gasteiger partial charge on any atom is 0 e. The molecule has 2 aliphatic rings. The maximum atomic E-state index is 11.1. The van der Waals surface area contributed by atoms with Crippen LogP contribution in [0.4, 0.5) is 0 Å². The Kier molecular flexibility index (Phi) is 60.6. The predicted octanol–water partition coefficient (Wildman–Crippen LogP) is 1.44. The smallest absolute Gasteiger partial charge is 0 e. The predicted molar refractivity (Wildman–Crippen MR) is 306 cm³/mol. The average Bonchev–Trinajstić information content (AvgIpc) is 3.87. The fraction of sp³-hybridized carbons (Fsp3) is 0.562. The second-order valence-corrected chi connectivity index (χ2v) is 38.2. The van der Waals surface area contributed by atoms with Crippen molar-refractivity contribution in [2.24, 2.45) is 5.11 Å². The molecule has 0 bridgehead atoms. The summed E-state index contributed by atoms with van der Waals surface area (Å²) < 4.78 is 50.9. The number of nitrogens with zero attached hydrogens (tertiary/aromatic N) is 6. The molecule has 1 aromatic carbocycles. The first-order chi connectivity index (χ1) is 33.9. The maximum absolute atomic E-state index is 11.1. The number of Topliss-reactive ketones (excluding diaryl/α,β-unsaturated/α-hetero) is 2. The van der Waals surface area contributed by atoms with Crippen molar-refractivity contribution < 1.29 is 156 Å². The zero-order chi connectivity index (χ0) is 55.9. The number of hydrogen-bond acceptors (Lipinski definition) is 15. The number of aliphatic hydroxyl groups excluding tert-OH is 3. The molecule has 0 spiro atoms. The minimum atomic E-state index is -4.67. The van der Waals surface area contributed by atoms with E-state index in [-0.39, 0.29) is 96.9 Å². The number of aliphatic hydroxyl groups is 3. The number of cyclic esters (lactones) is 1. The van der Waals surface area contributed by atoms with Gasteiger partial charge in [0, 0.05) is 70.5 Å². The fourth-order valence-corrected chi connectivity index (χ4v) is 25.1. The molecule has 1 aromatic heterocycles. The summed E-state index contributed by atoms with van der Waals surface area (Å²) in [5.74, 6) is -0.379. The average molecular weight is 1350 g/mol. The molecule has 2 atom stereocenters. The van der Waals surface area contributed by atoms with Gasteiger partial charge in [0.1, 0.15) is 29.5 Å². The van der Waals surface area contributed by atoms with Crippen LogP contribution in [-0.2, 0) is 78.4 Å². The molecule has 0 fully saturated rings. The summed E-state index contributed by atoms with van der Waals surface area (Å²) in [6.07, 6.45) is 23.2. The zero-order valence-corrected chi connectivity index (χ0v) is 56.8. The molecule has 2 heterocycles. The van der Waals surface area contributed by atoms with Crippen molar-refractivity contribution in [3.63, 3.8) is 0 Å². The maximum Gasteiger partial charge on any atom is 1.00 e. The summed E-state index contributed by atoms with van der Waals surface area (Å²) in [5, 5.41) is 48.9. The Morgan fingerprint density at radius 2 is 1.31 bits per heavy atom. The van der Waals surface area contributed by atoms with E-state index in [2.05, 4.69) is 102 Å². The van der Waals surface area contributed by atoms with Crippen molar-refractivity contribution in [3.05, 3.63) is 101 Å². The second kappa shape index (κ2) is 50.5. The molecule has 81 heavy (non-hydrogen) atoms. The van der Waals surface area contributed by atoms with E-state index in [0.29, 0.717) is 25.2 Å². The van der Waals surface area contributed by atoms with E-state index in [1.54, 1.807) is 38.2 Å². The van der Waals surface area contributed by atoms with Crippen LogP contribution >= 0.6 is 0 Å². The molecule has 1 aliphatic carbocycles. The van der Waals surface area contributed by atoms with Crippen molar-refractivity contribution in [2.45, 2.75) is 161 Å². The number of allylic oxidation sites excluding steroid dienone is 6. The fourth-order valence-electron chi connectivity index (χ4n) is 7.26. The first kappa shape index (κ1) is 97.3. The van der Waals surface area contributed by atoms with Crippen LogP contribution < -0.4 is 34.7 Å². The number of aromatic nitrogens is 3. The Morgan fingerprint density at radius 1 is 0.864 bits per heavy atom. The van der Waals surface area contributed by atoms with Gasteiger partial charge in [-0.05, 0) is 127 Å². The normalized spacial score (nSPS) is 13.2. The summed E-state index contributed by atoms with van der Waals surface area (Å²) in [7, 11) is -11.3. The third-order valence-electron chi connectivity index (χ3n) is 10.4. The Labute approximate surface area is 525 Å². The van der Waals surface area contributed by atoms with Gasteiger partial charge < -0.3 is 70.4 Å². The molecule has 2 radical (unpaired) electrons. The number of esters is 1. The van der Waals surface area contributed by atoms with Crippen molar-refractivity contribution >= 4 is 61.2 Å². The summed E-state index contributed by atoms with van der Waals surface area (Å²) >= 11 is 0. The van der Waals surface area contributed by atoms with E-state index in [4.69, 9.17) is 53.0 Å². The van der Waals surface area contributed by atoms with E-state index >= 15 is 0 Å². The number of carbonyl (C=O) groups excluding carboxylic acids is 3. The number of ketones is 2. The summed E-state index contributed by atoms with van der Waals surface area (Å²) in [6, 6.07) is 14.6. The number of hydrogen-bond donors (Lipinski definition) is 5. The van der Waals surface area contributed by atoms with E-state index in [9.17, 15) is 19.5 Å². The molecule has 25 nitrogen and oxygen atoms in total. The van der Waals surface area contributed by atoms with Gasteiger partial charge in [-0.1, -0.05) is 53.5 Å². The standard InChI is InChI=1S/C21H35N3O2Si2.C13H29N3O2Si2.C8H4.C6H8O6.2Cu.Na.H2O4S.5H2O/c1-19(25)12-9-10-16-27(2,3)26-28(4,5)17-11-15-24-18-21(22-23-24)20-13-7-6-8-14-20;1-13(17)9-6-7-11-19(2,3)18-20(4,5)12-8-10-15-16-14;1-2-8-6-4-3-5-7-8;7-1-2(8)5-3(9)4(10)6(11)12-5;;;;1-5(2,3)4;;;;;/h6-8,13-14,18H,9-12,15-17H2,1-5H3;6-12H2,1-5H3;4-7H;2,5,7-10H,1H2;;;;(H2,1,2,3,4);5*1H2/q;;+2;;;;+1;;;;;;/p-1/t;;;2-,5+;;;;;;;;;/m...0........./s1. The van der Waals surface area contributed by atoms with Crippen LogP contribution in [0.25, 0.3) is 21.7 Å². The van der Waals surface area contributed by atoms with Crippen LogP contribution in [0.15, 0.2) is 83.0 Å². The van der Waals surface area contributed by atoms with Crippen molar-refractivity contribution in [2.75, 3.05) is 13.2 Å². The number of rotatable bonds is 25. The summed E-state index contributed by atoms with van der Waals surface area (Å²) in [6.45, 7) is 22.4. The number of aryl methyl sites for hydroxylation is 1. The van der Waals surface area contributed by atoms with Crippen LogP contribution in [0.1, 0.15) is 65.2 Å². The van der Waals surface area contributed by atoms with E-state index < -0.39 is 80.0 Å². The second-order valence-electron chi connectivity index (χ2n) is 19.6. The van der Waals surface area contributed by atoms with Crippen LogP contribution in [0.3, 0.4) is 0 Å². The summed E-state index contributed by atoms with van der Waals surface area (Å²) in [4.78, 5) is 35.3. The third kappa shape index (κ3) is 51.3. The van der Waals surface area contributed by atoms with Gasteiger partial charge in [-0.25, -0.2) is 4.79 Å². The largest absolute Gasteiger partial charge is 1.00 e. The van der Waals surface area contributed by atoms with Gasteiger partial charge in [-0.3, -0.25) is 13.8 Å². The molecule has 0 unspecified atom stereocenters. The topological polar surface area (TPSA) is 474 Å². The number of ether oxygens (including phenoxy) is 1. The molecule has 4 rings (SSSR count). The van der Waals surface area contributed by atoms with E-state index in [1.807, 2.05) is 29.1 Å². The van der Waals surface area contributed by atoms with Crippen LogP contribution in [0.2, 0.25) is 76.6 Å². The van der Waals surface area contributed by atoms with Crippen LogP contribution in [-0.4, -0.2) is 151 Å². The van der Waals surface area contributed by atoms with Crippen molar-refractivity contribution in [3.8, 4) is 17.2 Å². The number of benzene rings is 1. The molecule has 0 saturated heterocycles. The van der Waals surface area contributed by atoms with Gasteiger partial charge in [0.2, 0.25) is 0 Å². The van der Waals surface area contributed by atoms with Gasteiger partial charge in [-0.15, -0.1) is 5.10 Å². The van der Waals surface area contributed by atoms with Crippen molar-refractivity contribution in [1.29, 1.82) is 0 Å². The third-order valence-corrected chi connectivity index (χ3v) is 25.5. The van der Waals surface area contributed by atoms with E-state index in [0.717, 1.165) is 86.1 Å². The Morgan fingerprint density at radius 3 is 1.67 bits per heavy atom. The van der Waals surface area contributed by atoms with Gasteiger partial charge >= 0.3 is 94.2 Å². The molecule has 33 heteroatoms. The van der Waals surface area contributed by atoms with Crippen molar-refractivity contribution in [1.82, 2.24) is 15.0 Å². The molecule has 466 valence electrons. The number of unbranched alkanes of at least 4 members (excludes halogenated alkanes) is 2. The van der Waals surface area contributed by atoms with Gasteiger partial charge in [0.05, 0.1) is 12.8 Å².